The van der Waals surface area contributed by atoms with Gasteiger partial charge in [0.25, 0.3) is 0 Å². The summed E-state index contributed by atoms with van der Waals surface area (Å²) >= 11 is 1.10. The third-order valence-electron chi connectivity index (χ3n) is 3.23. The first-order chi connectivity index (χ1) is 9.74. The van der Waals surface area contributed by atoms with Gasteiger partial charge in [-0.15, -0.1) is 0 Å². The van der Waals surface area contributed by atoms with Crippen LogP contribution in [-0.2, 0) is 4.74 Å². The van der Waals surface area contributed by atoms with Crippen molar-refractivity contribution in [3.8, 4) is 0 Å². The molecular weight excluding hydrogens is 386 g/mol. The fraction of sp³-hybridized carbons (Fsp3) is 0.267. The van der Waals surface area contributed by atoms with Crippen LogP contribution in [0.2, 0.25) is 10.6 Å². The van der Waals surface area contributed by atoms with Crippen LogP contribution in [0.25, 0.3) is 10.8 Å². The van der Waals surface area contributed by atoms with Crippen molar-refractivity contribution in [1.82, 2.24) is 0 Å². The average molecular weight is 400 g/mol. The first-order valence-corrected chi connectivity index (χ1v) is 13.1. The van der Waals surface area contributed by atoms with Crippen molar-refractivity contribution >= 4 is 43.0 Å². The summed E-state index contributed by atoms with van der Waals surface area (Å²) in [5, 5.41) is 13.7. The van der Waals surface area contributed by atoms with Crippen LogP contribution in [0.3, 0.4) is 0 Å². The molecule has 1 heterocycles. The first-order valence-electron chi connectivity index (χ1n) is 6.36. The van der Waals surface area contributed by atoms with E-state index in [0.717, 1.165) is 21.4 Å². The number of carbonyl (C=O) groups excluding carboxylic acids is 1. The van der Waals surface area contributed by atoms with Gasteiger partial charge in [0.15, 0.2) is 0 Å². The molecule has 0 spiro atoms. The number of carbonyl (C=O) groups is 1. The Morgan fingerprint density at radius 3 is 2.65 bits per heavy atom. The van der Waals surface area contributed by atoms with Gasteiger partial charge in [0.2, 0.25) is 0 Å². The van der Waals surface area contributed by atoms with Crippen LogP contribution >= 0.6 is 0 Å². The molecule has 1 N–H and O–H groups in total. The molecule has 0 aliphatic carbocycles. The number of aliphatic hydroxyl groups excluding tert-OH is 1. The number of rotatable bonds is 2. The molecule has 0 radical (unpaired) electrons. The molecule has 104 valence electrons. The van der Waals surface area contributed by atoms with Gasteiger partial charge in [0, 0.05) is 0 Å². The Bertz CT molecular complexity index is 629. The van der Waals surface area contributed by atoms with Crippen LogP contribution in [0.1, 0.15) is 10.4 Å². The minimum absolute atomic E-state index is 0.315. The van der Waals surface area contributed by atoms with E-state index in [4.69, 9.17) is 4.74 Å². The van der Waals surface area contributed by atoms with E-state index in [0.29, 0.717) is 31.8 Å². The Morgan fingerprint density at radius 2 is 1.85 bits per heavy atom. The summed E-state index contributed by atoms with van der Waals surface area (Å²) in [6.07, 6.45) is -0.792. The van der Waals surface area contributed by atoms with E-state index in [-0.39, 0.29) is 12.1 Å². The minimum atomic E-state index is -0.477. The zero-order valence-corrected chi connectivity index (χ0v) is 14.1. The van der Waals surface area contributed by atoms with Gasteiger partial charge in [-0.2, -0.15) is 0 Å². The van der Waals surface area contributed by atoms with Crippen molar-refractivity contribution < 1.29 is 14.6 Å². The number of esters is 1. The Kier molecular flexibility index (Phi) is 4.44. The molecule has 1 fully saturated rings. The normalized spacial score (nSPS) is 22.6. The zero-order chi connectivity index (χ0) is 13.9. The summed E-state index contributed by atoms with van der Waals surface area (Å²) in [6.45, 7) is 0. The number of aliphatic hydroxyl groups is 1. The number of ether oxygens (including phenoxy) is 1. The fourth-order valence-corrected chi connectivity index (χ4v) is 9.20. The Hall–Kier alpha value is -0.831. The number of fused-ring (bicyclic) bond motifs is 1. The maximum atomic E-state index is 12.2. The number of hydrogen-bond acceptors (Lipinski definition) is 3. The third kappa shape index (κ3) is 3.08. The summed E-state index contributed by atoms with van der Waals surface area (Å²) in [5.74, 6) is -0.329. The van der Waals surface area contributed by atoms with E-state index in [1.165, 1.54) is 0 Å². The van der Waals surface area contributed by atoms with E-state index < -0.39 is 6.10 Å². The van der Waals surface area contributed by atoms with Gasteiger partial charge in [-0.3, -0.25) is 0 Å². The second-order valence-electron chi connectivity index (χ2n) is 4.64. The topological polar surface area (TPSA) is 46.5 Å². The van der Waals surface area contributed by atoms with Crippen molar-refractivity contribution in [1.29, 1.82) is 0 Å². The van der Waals surface area contributed by atoms with Gasteiger partial charge >= 0.3 is 129 Å². The second kappa shape index (κ2) is 6.29. The zero-order valence-electron chi connectivity index (χ0n) is 10.7. The quantitative estimate of drug-likeness (QED) is 0.619. The molecule has 3 nitrogen and oxygen atoms in total. The number of hydrogen-bond donors (Lipinski definition) is 1. The van der Waals surface area contributed by atoms with Crippen molar-refractivity contribution in [2.45, 2.75) is 22.8 Å². The molecule has 0 amide bonds. The molecule has 1 aliphatic heterocycles. The molecule has 1 aliphatic rings. The predicted molar refractivity (Wildman–Crippen MR) is 80.3 cm³/mol. The first kappa shape index (κ1) is 14.1. The Balaban J connectivity index is 1.78. The van der Waals surface area contributed by atoms with Gasteiger partial charge in [0.1, 0.15) is 0 Å². The van der Waals surface area contributed by atoms with E-state index >= 15 is 0 Å². The molecule has 2 atom stereocenters. The van der Waals surface area contributed by atoms with Crippen LogP contribution in [0.5, 0.6) is 0 Å². The summed E-state index contributed by atoms with van der Waals surface area (Å²) in [7, 11) is 0. The van der Waals surface area contributed by atoms with Gasteiger partial charge in [0.05, 0.1) is 0 Å². The van der Waals surface area contributed by atoms with Gasteiger partial charge in [-0.25, -0.2) is 0 Å². The summed E-state index contributed by atoms with van der Waals surface area (Å²) in [5.41, 5.74) is 0.555. The van der Waals surface area contributed by atoms with Gasteiger partial charge < -0.3 is 0 Å². The molecular formula is C15H14O3Se2. The van der Waals surface area contributed by atoms with Crippen molar-refractivity contribution in [3.05, 3.63) is 48.0 Å². The maximum absolute atomic E-state index is 12.2. The molecule has 0 aromatic heterocycles. The van der Waals surface area contributed by atoms with Crippen LogP contribution in [0.15, 0.2) is 42.5 Å². The summed E-state index contributed by atoms with van der Waals surface area (Å²) in [4.78, 5) is 12.2. The molecule has 0 unspecified atom stereocenters. The van der Waals surface area contributed by atoms with E-state index in [2.05, 4.69) is 0 Å². The predicted octanol–water partition coefficient (Wildman–Crippen LogP) is 1.90. The Labute approximate surface area is 128 Å². The van der Waals surface area contributed by atoms with Crippen LogP contribution < -0.4 is 0 Å². The van der Waals surface area contributed by atoms with E-state index in [9.17, 15) is 9.90 Å². The van der Waals surface area contributed by atoms with Crippen LogP contribution in [0, 0.1) is 0 Å². The molecule has 2 aromatic rings. The van der Waals surface area contributed by atoms with Crippen molar-refractivity contribution in [2.75, 3.05) is 0 Å². The molecule has 0 saturated carbocycles. The van der Waals surface area contributed by atoms with E-state index in [1.54, 1.807) is 6.07 Å². The van der Waals surface area contributed by atoms with Gasteiger partial charge in [-0.1, -0.05) is 0 Å². The molecule has 5 heteroatoms. The SMILES string of the molecule is O=C(O[C@@H]1C[Se][Se]C[C@H]1O)c1ccc2ccccc2c1. The molecule has 2 aromatic carbocycles. The molecule has 20 heavy (non-hydrogen) atoms. The summed E-state index contributed by atoms with van der Waals surface area (Å²) < 4.78 is 5.48. The Morgan fingerprint density at radius 1 is 1.10 bits per heavy atom. The van der Waals surface area contributed by atoms with Gasteiger partial charge in [-0.05, 0) is 0 Å². The molecule has 3 rings (SSSR count). The standard InChI is InChI=1S/C15H14O3Se2/c16-13-8-19-20-9-14(13)18-15(17)12-6-5-10-3-1-2-4-11(10)7-12/h1-7,13-14,16H,8-9H2/t13-,14-/m1/s1. The fourth-order valence-electron chi connectivity index (χ4n) is 2.09. The van der Waals surface area contributed by atoms with Crippen molar-refractivity contribution in [3.63, 3.8) is 0 Å². The molecule has 0 bridgehead atoms. The third-order valence-corrected chi connectivity index (χ3v) is 10.3. The van der Waals surface area contributed by atoms with Crippen LogP contribution in [-0.4, -0.2) is 49.5 Å². The van der Waals surface area contributed by atoms with Crippen molar-refractivity contribution in [2.24, 2.45) is 0 Å². The molecule has 1 saturated heterocycles. The average Bonchev–Trinajstić information content (AvgIpc) is 2.49. The van der Waals surface area contributed by atoms with E-state index in [1.807, 2.05) is 36.4 Å². The van der Waals surface area contributed by atoms with Crippen LogP contribution in [0.4, 0.5) is 0 Å². The monoisotopic (exact) mass is 402 g/mol. The number of benzene rings is 2. The summed E-state index contributed by atoms with van der Waals surface area (Å²) in [6, 6.07) is 13.5. The second-order valence-corrected chi connectivity index (χ2v) is 12.2.